The number of nitrogens with zero attached hydrogens (tertiary/aromatic N) is 2. The molecule has 2 aromatic rings. The standard InChI is InChI=1S/C11H11N3O/c1-8-11(15)14(10(7-12)13-8)9-5-3-2-4-6-9/h2-7,12,15H,1H3. The molecule has 1 aromatic heterocycles. The van der Waals surface area contributed by atoms with Crippen LogP contribution in [0.3, 0.4) is 0 Å². The van der Waals surface area contributed by atoms with E-state index in [0.717, 1.165) is 11.9 Å². The van der Waals surface area contributed by atoms with Gasteiger partial charge in [0.1, 0.15) is 5.69 Å². The first-order valence-corrected chi connectivity index (χ1v) is 4.58. The molecule has 0 aliphatic carbocycles. The summed E-state index contributed by atoms with van der Waals surface area (Å²) in [6, 6.07) is 9.35. The summed E-state index contributed by atoms with van der Waals surface area (Å²) in [6.07, 6.45) is 1.12. The fourth-order valence-corrected chi connectivity index (χ4v) is 1.47. The number of para-hydroxylation sites is 1. The summed E-state index contributed by atoms with van der Waals surface area (Å²) in [5.41, 5.74) is 1.33. The molecule has 0 amide bonds. The maximum atomic E-state index is 9.80. The Morgan fingerprint density at radius 2 is 2.00 bits per heavy atom. The number of nitrogens with one attached hydrogen (secondary N) is 1. The van der Waals surface area contributed by atoms with Gasteiger partial charge in [-0.3, -0.25) is 4.57 Å². The molecule has 2 N–H and O–H groups in total. The van der Waals surface area contributed by atoms with E-state index < -0.39 is 0 Å². The van der Waals surface area contributed by atoms with E-state index in [0.29, 0.717) is 11.5 Å². The molecule has 0 aliphatic rings. The normalized spacial score (nSPS) is 10.2. The number of imidazole rings is 1. The van der Waals surface area contributed by atoms with E-state index in [1.807, 2.05) is 30.3 Å². The topological polar surface area (TPSA) is 61.9 Å². The number of aromatic nitrogens is 2. The summed E-state index contributed by atoms with van der Waals surface area (Å²) in [6.45, 7) is 1.71. The zero-order valence-corrected chi connectivity index (χ0v) is 8.31. The number of aromatic hydroxyl groups is 1. The van der Waals surface area contributed by atoms with E-state index in [9.17, 15) is 5.11 Å². The third kappa shape index (κ3) is 1.50. The maximum Gasteiger partial charge on any atom is 0.219 e. The minimum atomic E-state index is 0.0831. The van der Waals surface area contributed by atoms with Gasteiger partial charge in [0.05, 0.1) is 11.9 Å². The Morgan fingerprint density at radius 3 is 2.60 bits per heavy atom. The molecule has 4 nitrogen and oxygen atoms in total. The molecule has 1 heterocycles. The lowest BCUT2D eigenvalue weighted by Gasteiger charge is -2.05. The summed E-state index contributed by atoms with van der Waals surface area (Å²) in [7, 11) is 0. The van der Waals surface area contributed by atoms with Crippen LogP contribution in [0.15, 0.2) is 30.3 Å². The molecule has 0 spiro atoms. The molecule has 0 radical (unpaired) electrons. The van der Waals surface area contributed by atoms with E-state index >= 15 is 0 Å². The van der Waals surface area contributed by atoms with Gasteiger partial charge in [0, 0.05) is 0 Å². The monoisotopic (exact) mass is 201 g/mol. The molecule has 2 rings (SSSR count). The number of hydrogen-bond acceptors (Lipinski definition) is 3. The Bertz CT molecular complexity index is 488. The second-order valence-electron chi connectivity index (χ2n) is 3.19. The van der Waals surface area contributed by atoms with Crippen LogP contribution in [0.25, 0.3) is 5.69 Å². The van der Waals surface area contributed by atoms with Crippen molar-refractivity contribution in [2.24, 2.45) is 0 Å². The van der Waals surface area contributed by atoms with Crippen molar-refractivity contribution >= 4 is 6.21 Å². The molecule has 0 saturated carbocycles. The van der Waals surface area contributed by atoms with E-state index in [1.54, 1.807) is 11.5 Å². The van der Waals surface area contributed by atoms with Gasteiger partial charge in [-0.15, -0.1) is 0 Å². The van der Waals surface area contributed by atoms with Gasteiger partial charge in [-0.2, -0.15) is 0 Å². The lowest BCUT2D eigenvalue weighted by Crippen LogP contribution is -1.99. The second kappa shape index (κ2) is 3.57. The van der Waals surface area contributed by atoms with E-state index in [-0.39, 0.29) is 5.88 Å². The zero-order valence-electron chi connectivity index (χ0n) is 8.31. The summed E-state index contributed by atoms with van der Waals surface area (Å²) in [5, 5.41) is 17.0. The van der Waals surface area contributed by atoms with Gasteiger partial charge in [0.15, 0.2) is 5.82 Å². The van der Waals surface area contributed by atoms with E-state index in [4.69, 9.17) is 5.41 Å². The second-order valence-corrected chi connectivity index (χ2v) is 3.19. The Kier molecular flexibility index (Phi) is 2.25. The van der Waals surface area contributed by atoms with Gasteiger partial charge >= 0.3 is 0 Å². The number of aryl methyl sites for hydroxylation is 1. The molecule has 15 heavy (non-hydrogen) atoms. The summed E-state index contributed by atoms with van der Waals surface area (Å²) in [5.74, 6) is 0.510. The quantitative estimate of drug-likeness (QED) is 0.729. The van der Waals surface area contributed by atoms with Crippen LogP contribution in [0.4, 0.5) is 0 Å². The Labute approximate surface area is 87.3 Å². The van der Waals surface area contributed by atoms with E-state index in [1.165, 1.54) is 0 Å². The van der Waals surface area contributed by atoms with Gasteiger partial charge in [0.25, 0.3) is 0 Å². The number of hydrogen-bond donors (Lipinski definition) is 2. The highest BCUT2D eigenvalue weighted by molar-refractivity contribution is 5.74. The SMILES string of the molecule is Cc1nc(C=N)n(-c2ccccc2)c1O. The van der Waals surface area contributed by atoms with Gasteiger partial charge < -0.3 is 10.5 Å². The van der Waals surface area contributed by atoms with Gasteiger partial charge in [-0.05, 0) is 19.1 Å². The summed E-state index contributed by atoms with van der Waals surface area (Å²) >= 11 is 0. The smallest absolute Gasteiger partial charge is 0.219 e. The predicted molar refractivity (Wildman–Crippen MR) is 57.9 cm³/mol. The minimum absolute atomic E-state index is 0.0831. The Hall–Kier alpha value is -2.10. The number of rotatable bonds is 2. The molecule has 0 unspecified atom stereocenters. The lowest BCUT2D eigenvalue weighted by molar-refractivity contribution is 0.438. The largest absolute Gasteiger partial charge is 0.493 e. The molecule has 0 fully saturated rings. The Morgan fingerprint density at radius 1 is 1.33 bits per heavy atom. The first-order chi connectivity index (χ1) is 7.24. The predicted octanol–water partition coefficient (Wildman–Crippen LogP) is 1.88. The molecular weight excluding hydrogens is 190 g/mol. The average Bonchev–Trinajstić information content (AvgIpc) is 2.56. The van der Waals surface area contributed by atoms with Crippen molar-refractivity contribution in [1.29, 1.82) is 5.41 Å². The molecular formula is C11H11N3O. The van der Waals surface area contributed by atoms with E-state index in [2.05, 4.69) is 4.98 Å². The number of benzene rings is 1. The molecule has 0 aliphatic heterocycles. The molecule has 76 valence electrons. The van der Waals surface area contributed by atoms with Crippen molar-refractivity contribution in [1.82, 2.24) is 9.55 Å². The van der Waals surface area contributed by atoms with Crippen molar-refractivity contribution in [3.05, 3.63) is 41.9 Å². The van der Waals surface area contributed by atoms with Crippen LogP contribution in [0.2, 0.25) is 0 Å². The van der Waals surface area contributed by atoms with Crippen molar-refractivity contribution < 1.29 is 5.11 Å². The zero-order chi connectivity index (χ0) is 10.8. The van der Waals surface area contributed by atoms with Crippen LogP contribution in [0, 0.1) is 12.3 Å². The highest BCUT2D eigenvalue weighted by Gasteiger charge is 2.12. The minimum Gasteiger partial charge on any atom is -0.493 e. The lowest BCUT2D eigenvalue weighted by atomic mass is 10.3. The first kappa shape index (κ1) is 9.45. The highest BCUT2D eigenvalue weighted by atomic mass is 16.3. The van der Waals surface area contributed by atoms with Crippen LogP contribution in [0.1, 0.15) is 11.5 Å². The van der Waals surface area contributed by atoms with Gasteiger partial charge in [-0.25, -0.2) is 4.98 Å². The van der Waals surface area contributed by atoms with Crippen molar-refractivity contribution in [3.8, 4) is 11.6 Å². The molecule has 0 saturated heterocycles. The maximum absolute atomic E-state index is 9.80. The van der Waals surface area contributed by atoms with Gasteiger partial charge in [0.2, 0.25) is 5.88 Å². The fourth-order valence-electron chi connectivity index (χ4n) is 1.47. The molecule has 1 aromatic carbocycles. The Balaban J connectivity index is 2.66. The highest BCUT2D eigenvalue weighted by Crippen LogP contribution is 2.22. The van der Waals surface area contributed by atoms with Crippen molar-refractivity contribution in [2.75, 3.05) is 0 Å². The summed E-state index contributed by atoms with van der Waals surface area (Å²) in [4.78, 5) is 4.07. The molecule has 0 atom stereocenters. The van der Waals surface area contributed by atoms with Crippen LogP contribution in [0.5, 0.6) is 5.88 Å². The van der Waals surface area contributed by atoms with Gasteiger partial charge in [-0.1, -0.05) is 18.2 Å². The van der Waals surface area contributed by atoms with Crippen LogP contribution < -0.4 is 0 Å². The average molecular weight is 201 g/mol. The molecule has 4 heteroatoms. The summed E-state index contributed by atoms with van der Waals surface area (Å²) < 4.78 is 1.54. The first-order valence-electron chi connectivity index (χ1n) is 4.58. The molecule has 0 bridgehead atoms. The third-order valence-corrected chi connectivity index (χ3v) is 2.19. The third-order valence-electron chi connectivity index (χ3n) is 2.19. The van der Waals surface area contributed by atoms with Crippen LogP contribution in [-0.4, -0.2) is 20.9 Å². The van der Waals surface area contributed by atoms with Crippen molar-refractivity contribution in [2.45, 2.75) is 6.92 Å². The fraction of sp³-hybridized carbons (Fsp3) is 0.0909. The van der Waals surface area contributed by atoms with Crippen molar-refractivity contribution in [3.63, 3.8) is 0 Å². The van der Waals surface area contributed by atoms with Crippen LogP contribution in [-0.2, 0) is 0 Å². The van der Waals surface area contributed by atoms with Crippen LogP contribution >= 0.6 is 0 Å².